The van der Waals surface area contributed by atoms with Crippen LogP contribution in [0.5, 0.6) is 11.5 Å². The fourth-order valence-corrected chi connectivity index (χ4v) is 3.20. The van der Waals surface area contributed by atoms with Gasteiger partial charge in [0.15, 0.2) is 23.1 Å². The van der Waals surface area contributed by atoms with Crippen LogP contribution in [0.15, 0.2) is 70.9 Å². The molecule has 0 aromatic heterocycles. The van der Waals surface area contributed by atoms with Gasteiger partial charge < -0.3 is 14.8 Å². The van der Waals surface area contributed by atoms with Crippen molar-refractivity contribution in [1.29, 1.82) is 0 Å². The number of benzene rings is 3. The standard InChI is InChI=1S/C27H27F2N5O4.C2H6/c1-37-24-14-18(5-11-22(24)28)16-31-33-26(35)4-3-13-30-21-9-7-20(8-10-21)27(36)34-32-17-19-6-12-23(29)25(15-19)38-2;1-2/h5-12,14-17,30H,3-4,13H2,1-2H3,(H,33,35)(H,34,36);1-2H3/b31-16+,32-17+;. The van der Waals surface area contributed by atoms with Crippen LogP contribution in [-0.2, 0) is 4.79 Å². The molecule has 40 heavy (non-hydrogen) atoms. The molecule has 0 bridgehead atoms. The Morgan fingerprint density at radius 1 is 0.800 bits per heavy atom. The van der Waals surface area contributed by atoms with Crippen molar-refractivity contribution in [3.05, 3.63) is 89.0 Å². The minimum atomic E-state index is -0.486. The Bertz CT molecular complexity index is 1310. The van der Waals surface area contributed by atoms with Crippen molar-refractivity contribution < 1.29 is 27.8 Å². The first-order chi connectivity index (χ1) is 19.4. The van der Waals surface area contributed by atoms with Gasteiger partial charge in [-0.25, -0.2) is 19.6 Å². The summed E-state index contributed by atoms with van der Waals surface area (Å²) in [6, 6.07) is 15.2. The molecule has 0 aliphatic heterocycles. The molecular weight excluding hydrogens is 520 g/mol. The summed E-state index contributed by atoms with van der Waals surface area (Å²) in [5.41, 5.74) is 7.18. The smallest absolute Gasteiger partial charge is 0.271 e. The van der Waals surface area contributed by atoms with E-state index < -0.39 is 17.5 Å². The Balaban J connectivity index is 0.00000274. The van der Waals surface area contributed by atoms with E-state index in [-0.39, 0.29) is 23.8 Å². The van der Waals surface area contributed by atoms with E-state index in [0.717, 1.165) is 5.69 Å². The number of rotatable bonds is 12. The van der Waals surface area contributed by atoms with Crippen molar-refractivity contribution in [2.75, 3.05) is 26.1 Å². The van der Waals surface area contributed by atoms with Gasteiger partial charge >= 0.3 is 0 Å². The molecular formula is C29H33F2N5O4. The van der Waals surface area contributed by atoms with Crippen LogP contribution in [-0.4, -0.2) is 45.0 Å². The van der Waals surface area contributed by atoms with Crippen LogP contribution in [0.3, 0.4) is 0 Å². The Hall–Kier alpha value is -4.80. The lowest BCUT2D eigenvalue weighted by Crippen LogP contribution is -2.18. The molecule has 3 aromatic rings. The van der Waals surface area contributed by atoms with Crippen LogP contribution >= 0.6 is 0 Å². The van der Waals surface area contributed by atoms with E-state index in [4.69, 9.17) is 9.47 Å². The average molecular weight is 554 g/mol. The zero-order valence-corrected chi connectivity index (χ0v) is 22.8. The van der Waals surface area contributed by atoms with Crippen molar-refractivity contribution >= 4 is 29.9 Å². The Kier molecular flexibility index (Phi) is 13.3. The van der Waals surface area contributed by atoms with Crippen LogP contribution in [0.25, 0.3) is 0 Å². The number of halogens is 2. The van der Waals surface area contributed by atoms with E-state index in [1.165, 1.54) is 63.0 Å². The molecule has 0 fully saturated rings. The summed E-state index contributed by atoms with van der Waals surface area (Å²) in [4.78, 5) is 24.2. The highest BCUT2D eigenvalue weighted by Gasteiger charge is 2.06. The summed E-state index contributed by atoms with van der Waals surface area (Å²) in [5.74, 6) is -1.45. The third kappa shape index (κ3) is 10.2. The van der Waals surface area contributed by atoms with Gasteiger partial charge in [0.1, 0.15) is 0 Å². The molecule has 2 amide bonds. The molecule has 0 unspecified atom stereocenters. The van der Waals surface area contributed by atoms with Crippen molar-refractivity contribution in [1.82, 2.24) is 10.9 Å². The molecule has 0 radical (unpaired) electrons. The molecule has 9 nitrogen and oxygen atoms in total. The number of nitrogens with one attached hydrogen (secondary N) is 3. The summed E-state index contributed by atoms with van der Waals surface area (Å²) < 4.78 is 36.7. The second-order valence-corrected chi connectivity index (χ2v) is 7.89. The second kappa shape index (κ2) is 16.9. The van der Waals surface area contributed by atoms with E-state index in [9.17, 15) is 18.4 Å². The molecule has 0 spiro atoms. The highest BCUT2D eigenvalue weighted by atomic mass is 19.1. The normalized spacial score (nSPS) is 10.6. The predicted octanol–water partition coefficient (Wildman–Crippen LogP) is 5.11. The fourth-order valence-electron chi connectivity index (χ4n) is 3.20. The number of carbonyl (C=O) groups excluding carboxylic acids is 2. The van der Waals surface area contributed by atoms with Gasteiger partial charge in [-0.3, -0.25) is 9.59 Å². The van der Waals surface area contributed by atoms with Crippen LogP contribution in [0.4, 0.5) is 14.5 Å². The van der Waals surface area contributed by atoms with E-state index in [1.54, 1.807) is 24.3 Å². The number of amides is 2. The van der Waals surface area contributed by atoms with Crippen molar-refractivity contribution in [2.45, 2.75) is 26.7 Å². The quantitative estimate of drug-likeness (QED) is 0.164. The third-order valence-electron chi connectivity index (χ3n) is 5.19. The summed E-state index contributed by atoms with van der Waals surface area (Å²) in [6.07, 6.45) is 3.59. The summed E-state index contributed by atoms with van der Waals surface area (Å²) in [7, 11) is 2.73. The molecule has 0 atom stereocenters. The Morgan fingerprint density at radius 3 is 1.85 bits per heavy atom. The van der Waals surface area contributed by atoms with E-state index in [0.29, 0.717) is 29.7 Å². The van der Waals surface area contributed by atoms with E-state index >= 15 is 0 Å². The first-order valence-electron chi connectivity index (χ1n) is 12.6. The molecule has 3 N–H and O–H groups in total. The molecule has 0 heterocycles. The molecule has 0 aliphatic rings. The number of hydrogen-bond donors (Lipinski definition) is 3. The van der Waals surface area contributed by atoms with Crippen molar-refractivity contribution in [3.8, 4) is 11.5 Å². The lowest BCUT2D eigenvalue weighted by atomic mass is 10.2. The highest BCUT2D eigenvalue weighted by Crippen LogP contribution is 2.18. The minimum absolute atomic E-state index is 0.0840. The molecule has 3 aromatic carbocycles. The molecule has 11 heteroatoms. The molecule has 212 valence electrons. The first-order valence-corrected chi connectivity index (χ1v) is 12.6. The first kappa shape index (κ1) is 31.4. The van der Waals surface area contributed by atoms with Gasteiger partial charge in [0.05, 0.1) is 26.6 Å². The van der Waals surface area contributed by atoms with Crippen LogP contribution in [0.2, 0.25) is 0 Å². The summed E-state index contributed by atoms with van der Waals surface area (Å²) >= 11 is 0. The number of hydrazone groups is 2. The Morgan fingerprint density at radius 2 is 1.32 bits per heavy atom. The Labute approximate surface area is 232 Å². The van der Waals surface area contributed by atoms with Gasteiger partial charge in [0.2, 0.25) is 5.91 Å². The van der Waals surface area contributed by atoms with Gasteiger partial charge in [-0.05, 0) is 66.1 Å². The summed E-state index contributed by atoms with van der Waals surface area (Å²) in [5, 5.41) is 10.9. The van der Waals surface area contributed by atoms with Crippen LogP contribution in [0.1, 0.15) is 48.2 Å². The molecule has 0 aliphatic carbocycles. The number of anilines is 1. The van der Waals surface area contributed by atoms with Gasteiger partial charge in [0, 0.05) is 24.2 Å². The molecule has 0 saturated heterocycles. The number of hydrogen-bond acceptors (Lipinski definition) is 7. The van der Waals surface area contributed by atoms with Crippen LogP contribution < -0.4 is 25.6 Å². The van der Waals surface area contributed by atoms with E-state index in [2.05, 4.69) is 26.4 Å². The third-order valence-corrected chi connectivity index (χ3v) is 5.19. The summed E-state index contributed by atoms with van der Waals surface area (Å²) in [6.45, 7) is 4.53. The van der Waals surface area contributed by atoms with Gasteiger partial charge in [-0.2, -0.15) is 10.2 Å². The van der Waals surface area contributed by atoms with Gasteiger partial charge in [0.25, 0.3) is 5.91 Å². The largest absolute Gasteiger partial charge is 0.494 e. The lowest BCUT2D eigenvalue weighted by molar-refractivity contribution is -0.121. The van der Waals surface area contributed by atoms with Crippen LogP contribution in [0, 0.1) is 11.6 Å². The SMILES string of the molecule is CC.COc1cc(/C=N/NC(=O)CCCNc2ccc(C(=O)N/N=C/c3ccc(F)c(OC)c3)cc2)ccc1F. The van der Waals surface area contributed by atoms with Crippen molar-refractivity contribution in [2.24, 2.45) is 10.2 Å². The molecule has 3 rings (SSSR count). The van der Waals surface area contributed by atoms with Gasteiger partial charge in [-0.15, -0.1) is 0 Å². The number of nitrogens with zero attached hydrogens (tertiary/aromatic N) is 2. The molecule has 0 saturated carbocycles. The maximum Gasteiger partial charge on any atom is 0.271 e. The zero-order valence-electron chi connectivity index (χ0n) is 22.8. The maximum atomic E-state index is 13.5. The highest BCUT2D eigenvalue weighted by molar-refractivity contribution is 5.95. The van der Waals surface area contributed by atoms with Gasteiger partial charge in [-0.1, -0.05) is 26.0 Å². The van der Waals surface area contributed by atoms with E-state index in [1.807, 2.05) is 13.8 Å². The fraction of sp³-hybridized carbons (Fsp3) is 0.241. The number of carbonyl (C=O) groups is 2. The zero-order chi connectivity index (χ0) is 29.3. The number of ether oxygens (including phenoxy) is 2. The monoisotopic (exact) mass is 553 g/mol. The average Bonchev–Trinajstić information content (AvgIpc) is 2.98. The number of methoxy groups -OCH3 is 2. The topological polar surface area (TPSA) is 113 Å². The lowest BCUT2D eigenvalue weighted by Gasteiger charge is -2.07. The second-order valence-electron chi connectivity index (χ2n) is 7.89. The minimum Gasteiger partial charge on any atom is -0.494 e. The predicted molar refractivity (Wildman–Crippen MR) is 152 cm³/mol. The van der Waals surface area contributed by atoms with Crippen molar-refractivity contribution in [3.63, 3.8) is 0 Å². The maximum absolute atomic E-state index is 13.5.